The average molecular weight is 431 g/mol. The van der Waals surface area contributed by atoms with E-state index in [1.807, 2.05) is 4.90 Å². The number of halogens is 2. The molecule has 0 N–H and O–H groups in total. The molecule has 3 atom stereocenters. The molecule has 2 saturated carbocycles. The van der Waals surface area contributed by atoms with Crippen molar-refractivity contribution in [1.82, 2.24) is 9.21 Å². The molecule has 3 aliphatic rings. The molecule has 27 heavy (non-hydrogen) atoms. The Bertz CT molecular complexity index is 817. The van der Waals surface area contributed by atoms with Gasteiger partial charge in [-0.05, 0) is 49.1 Å². The van der Waals surface area contributed by atoms with E-state index in [0.29, 0.717) is 25.4 Å². The van der Waals surface area contributed by atoms with Crippen molar-refractivity contribution >= 4 is 39.1 Å². The summed E-state index contributed by atoms with van der Waals surface area (Å²) >= 11 is 12.2. The highest BCUT2D eigenvalue weighted by Gasteiger charge is 2.41. The van der Waals surface area contributed by atoms with Gasteiger partial charge < -0.3 is 4.90 Å². The van der Waals surface area contributed by atoms with E-state index in [1.54, 1.807) is 6.07 Å². The van der Waals surface area contributed by atoms with Gasteiger partial charge in [-0.15, -0.1) is 0 Å². The smallest absolute Gasteiger partial charge is 0.246 e. The largest absolute Gasteiger partial charge is 0.340 e. The van der Waals surface area contributed by atoms with Gasteiger partial charge in [-0.1, -0.05) is 35.7 Å². The third-order valence-electron chi connectivity index (χ3n) is 6.43. The van der Waals surface area contributed by atoms with E-state index in [4.69, 9.17) is 23.2 Å². The van der Waals surface area contributed by atoms with Crippen LogP contribution in [0.3, 0.4) is 0 Å². The van der Waals surface area contributed by atoms with E-state index in [9.17, 15) is 13.2 Å². The molecule has 0 radical (unpaired) electrons. The molecule has 1 saturated heterocycles. The first-order valence-electron chi connectivity index (χ1n) is 9.58. The van der Waals surface area contributed by atoms with Crippen LogP contribution in [-0.4, -0.2) is 49.7 Å². The van der Waals surface area contributed by atoms with Crippen molar-refractivity contribution in [2.75, 3.05) is 26.2 Å². The molecule has 1 aromatic carbocycles. The predicted molar refractivity (Wildman–Crippen MR) is 105 cm³/mol. The van der Waals surface area contributed by atoms with Crippen molar-refractivity contribution in [2.45, 2.75) is 37.0 Å². The highest BCUT2D eigenvalue weighted by atomic mass is 35.5. The monoisotopic (exact) mass is 430 g/mol. The minimum atomic E-state index is -3.77. The molecule has 3 unspecified atom stereocenters. The van der Waals surface area contributed by atoms with Gasteiger partial charge in [0.25, 0.3) is 0 Å². The molecular formula is C19H24Cl2N2O3S. The van der Waals surface area contributed by atoms with Gasteiger partial charge in [-0.3, -0.25) is 4.79 Å². The summed E-state index contributed by atoms with van der Waals surface area (Å²) in [5.74, 6) is 2.25. The number of amides is 1. The van der Waals surface area contributed by atoms with Crippen LogP contribution in [0.15, 0.2) is 23.1 Å². The molecule has 0 spiro atoms. The van der Waals surface area contributed by atoms with Crippen LogP contribution in [0.25, 0.3) is 0 Å². The van der Waals surface area contributed by atoms with E-state index in [2.05, 4.69) is 0 Å². The summed E-state index contributed by atoms with van der Waals surface area (Å²) < 4.78 is 27.2. The molecule has 148 valence electrons. The number of fused-ring (bicyclic) bond motifs is 2. The summed E-state index contributed by atoms with van der Waals surface area (Å²) in [6, 6.07) is 4.67. The van der Waals surface area contributed by atoms with Crippen molar-refractivity contribution < 1.29 is 13.2 Å². The van der Waals surface area contributed by atoms with Crippen molar-refractivity contribution in [1.29, 1.82) is 0 Å². The number of sulfonamides is 1. The number of hydrogen-bond acceptors (Lipinski definition) is 3. The Kier molecular flexibility index (Phi) is 5.45. The van der Waals surface area contributed by atoms with Gasteiger partial charge >= 0.3 is 0 Å². The summed E-state index contributed by atoms with van der Waals surface area (Å²) in [7, 11) is -3.77. The Morgan fingerprint density at radius 2 is 1.70 bits per heavy atom. The minimum Gasteiger partial charge on any atom is -0.340 e. The van der Waals surface area contributed by atoms with Crippen molar-refractivity contribution in [3.8, 4) is 0 Å². The maximum Gasteiger partial charge on any atom is 0.246 e. The van der Waals surface area contributed by atoms with Gasteiger partial charge in [0.15, 0.2) is 0 Å². The zero-order valence-electron chi connectivity index (χ0n) is 15.1. The quantitative estimate of drug-likeness (QED) is 0.731. The Balaban J connectivity index is 1.38. The molecule has 8 heteroatoms. The van der Waals surface area contributed by atoms with Crippen LogP contribution in [0.2, 0.25) is 10.0 Å². The van der Waals surface area contributed by atoms with E-state index in [0.717, 1.165) is 11.8 Å². The number of benzene rings is 1. The van der Waals surface area contributed by atoms with E-state index in [1.165, 1.54) is 42.1 Å². The predicted octanol–water partition coefficient (Wildman–Crippen LogP) is 3.65. The fourth-order valence-corrected chi connectivity index (χ4v) is 7.53. The van der Waals surface area contributed by atoms with Crippen LogP contribution in [0.1, 0.15) is 32.1 Å². The van der Waals surface area contributed by atoms with Crippen LogP contribution in [0.4, 0.5) is 0 Å². The van der Waals surface area contributed by atoms with Gasteiger partial charge in [0, 0.05) is 32.6 Å². The number of carbonyl (C=O) groups excluding carboxylic acids is 1. The maximum atomic E-state index is 12.9. The Hall–Kier alpha value is -0.820. The first-order valence-corrected chi connectivity index (χ1v) is 11.8. The van der Waals surface area contributed by atoms with Crippen molar-refractivity contribution in [3.05, 3.63) is 28.2 Å². The first kappa shape index (κ1) is 19.5. The highest BCUT2D eigenvalue weighted by Crippen LogP contribution is 2.49. The highest BCUT2D eigenvalue weighted by molar-refractivity contribution is 7.89. The lowest BCUT2D eigenvalue weighted by Gasteiger charge is -2.35. The Morgan fingerprint density at radius 1 is 1.04 bits per heavy atom. The van der Waals surface area contributed by atoms with Crippen LogP contribution in [0.5, 0.6) is 0 Å². The number of piperazine rings is 1. The zero-order chi connectivity index (χ0) is 19.2. The second-order valence-electron chi connectivity index (χ2n) is 7.97. The molecule has 0 aromatic heterocycles. The van der Waals surface area contributed by atoms with Gasteiger partial charge in [0.2, 0.25) is 15.9 Å². The van der Waals surface area contributed by atoms with Crippen LogP contribution in [0, 0.1) is 17.8 Å². The summed E-state index contributed by atoms with van der Waals surface area (Å²) in [5.41, 5.74) is 0. The number of hydrogen-bond donors (Lipinski definition) is 0. The molecular weight excluding hydrogens is 407 g/mol. The standard InChI is InChI=1S/C19H24Cl2N2O3S/c20-16-2-1-3-17(21)19(16)27(25,26)23-8-6-22(7-9-23)18(24)12-15-11-13-4-5-14(15)10-13/h1-3,13-15H,4-12H2. The van der Waals surface area contributed by atoms with Crippen molar-refractivity contribution in [2.24, 2.45) is 17.8 Å². The molecule has 1 amide bonds. The average Bonchev–Trinajstić information content (AvgIpc) is 3.24. The Labute approximate surface area is 170 Å². The molecule has 2 bridgehead atoms. The molecule has 2 aliphatic carbocycles. The van der Waals surface area contributed by atoms with E-state index in [-0.39, 0.29) is 33.9 Å². The summed E-state index contributed by atoms with van der Waals surface area (Å²) in [6.07, 6.45) is 5.70. The topological polar surface area (TPSA) is 57.7 Å². The molecule has 1 heterocycles. The van der Waals surface area contributed by atoms with Crippen LogP contribution in [-0.2, 0) is 14.8 Å². The number of rotatable bonds is 4. The van der Waals surface area contributed by atoms with Gasteiger partial charge in [0.1, 0.15) is 4.90 Å². The lowest BCUT2D eigenvalue weighted by atomic mass is 9.86. The van der Waals surface area contributed by atoms with Crippen LogP contribution >= 0.6 is 23.2 Å². The maximum absolute atomic E-state index is 12.9. The lowest BCUT2D eigenvalue weighted by molar-refractivity contribution is -0.133. The second kappa shape index (κ2) is 7.54. The third kappa shape index (κ3) is 3.74. The normalized spacial score (nSPS) is 28.7. The third-order valence-corrected chi connectivity index (χ3v) is 9.28. The fourth-order valence-electron chi connectivity index (χ4n) is 5.02. The van der Waals surface area contributed by atoms with E-state index >= 15 is 0 Å². The first-order chi connectivity index (χ1) is 12.9. The summed E-state index contributed by atoms with van der Waals surface area (Å²) in [5, 5.41) is 0.245. The SMILES string of the molecule is O=C(CC1CC2CCC1C2)N1CCN(S(=O)(=O)c2c(Cl)cccc2Cl)CC1. The number of nitrogens with zero attached hydrogens (tertiary/aromatic N) is 2. The molecule has 1 aliphatic heterocycles. The fraction of sp³-hybridized carbons (Fsp3) is 0.632. The molecule has 1 aromatic rings. The van der Waals surface area contributed by atoms with Crippen LogP contribution < -0.4 is 0 Å². The molecule has 5 nitrogen and oxygen atoms in total. The second-order valence-corrected chi connectivity index (χ2v) is 10.7. The number of carbonyl (C=O) groups is 1. The van der Waals surface area contributed by atoms with Gasteiger partial charge in [0.05, 0.1) is 10.0 Å². The summed E-state index contributed by atoms with van der Waals surface area (Å²) in [6.45, 7) is 1.38. The van der Waals surface area contributed by atoms with Crippen molar-refractivity contribution in [3.63, 3.8) is 0 Å². The van der Waals surface area contributed by atoms with Gasteiger partial charge in [-0.2, -0.15) is 4.31 Å². The lowest BCUT2D eigenvalue weighted by Crippen LogP contribution is -2.50. The minimum absolute atomic E-state index is 0.0462. The van der Waals surface area contributed by atoms with Gasteiger partial charge in [-0.25, -0.2) is 8.42 Å². The molecule has 3 fully saturated rings. The Morgan fingerprint density at radius 3 is 2.26 bits per heavy atom. The van der Waals surface area contributed by atoms with E-state index < -0.39 is 10.0 Å². The molecule has 4 rings (SSSR count). The summed E-state index contributed by atoms with van der Waals surface area (Å²) in [4.78, 5) is 14.4. The zero-order valence-corrected chi connectivity index (χ0v) is 17.4.